The smallest absolute Gasteiger partial charge is 0.317 e. The van der Waals surface area contributed by atoms with Crippen molar-refractivity contribution >= 4 is 23.8 Å². The number of urea groups is 1. The monoisotopic (exact) mass is 248 g/mol. The Morgan fingerprint density at radius 2 is 2.06 bits per heavy atom. The molecule has 2 N–H and O–H groups in total. The van der Waals surface area contributed by atoms with Gasteiger partial charge >= 0.3 is 12.0 Å². The summed E-state index contributed by atoms with van der Waals surface area (Å²) in [6, 6.07) is -0.133. The Balaban J connectivity index is 3.53. The first-order chi connectivity index (χ1) is 7.57. The van der Waals surface area contributed by atoms with Crippen LogP contribution in [0.1, 0.15) is 19.3 Å². The van der Waals surface area contributed by atoms with Gasteiger partial charge in [-0.1, -0.05) is 0 Å². The number of nitrogens with zero attached hydrogens (tertiary/aromatic N) is 1. The van der Waals surface area contributed by atoms with Gasteiger partial charge in [-0.25, -0.2) is 4.79 Å². The van der Waals surface area contributed by atoms with Crippen LogP contribution in [0, 0.1) is 0 Å². The maximum atomic E-state index is 11.4. The summed E-state index contributed by atoms with van der Waals surface area (Å²) in [6.45, 7) is 1.14. The van der Waals surface area contributed by atoms with Crippen LogP contribution in [0.15, 0.2) is 0 Å². The maximum Gasteiger partial charge on any atom is 0.317 e. The second-order valence-electron chi connectivity index (χ2n) is 3.50. The highest BCUT2D eigenvalue weighted by Crippen LogP contribution is 1.95. The molecule has 0 aromatic rings. The highest BCUT2D eigenvalue weighted by molar-refractivity contribution is 7.98. The van der Waals surface area contributed by atoms with E-state index < -0.39 is 5.97 Å². The SMILES string of the molecule is CSCCCNC(=O)N(C)CCCC(=O)O. The number of hydrogen-bond acceptors (Lipinski definition) is 3. The van der Waals surface area contributed by atoms with Crippen molar-refractivity contribution in [2.24, 2.45) is 0 Å². The minimum atomic E-state index is -0.825. The van der Waals surface area contributed by atoms with Crippen LogP contribution in [0.5, 0.6) is 0 Å². The number of carbonyl (C=O) groups excluding carboxylic acids is 1. The molecule has 0 spiro atoms. The average molecular weight is 248 g/mol. The van der Waals surface area contributed by atoms with Crippen molar-refractivity contribution in [3.05, 3.63) is 0 Å². The topological polar surface area (TPSA) is 69.6 Å². The van der Waals surface area contributed by atoms with Gasteiger partial charge in [0, 0.05) is 26.6 Å². The average Bonchev–Trinajstić information content (AvgIpc) is 2.23. The zero-order valence-electron chi connectivity index (χ0n) is 9.86. The molecule has 0 aliphatic rings. The number of aliphatic carboxylic acids is 1. The third-order valence-electron chi connectivity index (χ3n) is 2.03. The van der Waals surface area contributed by atoms with Crippen molar-refractivity contribution in [2.75, 3.05) is 32.1 Å². The highest BCUT2D eigenvalue weighted by atomic mass is 32.2. The molecule has 0 saturated carbocycles. The first kappa shape index (κ1) is 15.1. The summed E-state index contributed by atoms with van der Waals surface area (Å²) in [4.78, 5) is 23.2. The lowest BCUT2D eigenvalue weighted by Gasteiger charge is -2.17. The zero-order valence-corrected chi connectivity index (χ0v) is 10.7. The van der Waals surface area contributed by atoms with Crippen LogP contribution >= 0.6 is 11.8 Å². The van der Waals surface area contributed by atoms with Gasteiger partial charge in [0.05, 0.1) is 0 Å². The van der Waals surface area contributed by atoms with Crippen LogP contribution in [0.3, 0.4) is 0 Å². The molecule has 0 atom stereocenters. The van der Waals surface area contributed by atoms with E-state index in [2.05, 4.69) is 5.32 Å². The van der Waals surface area contributed by atoms with Gasteiger partial charge in [0.15, 0.2) is 0 Å². The van der Waals surface area contributed by atoms with Gasteiger partial charge in [-0.15, -0.1) is 0 Å². The maximum absolute atomic E-state index is 11.4. The second-order valence-corrected chi connectivity index (χ2v) is 4.48. The van der Waals surface area contributed by atoms with E-state index in [1.54, 1.807) is 18.8 Å². The Labute approximate surface area is 101 Å². The Bertz CT molecular complexity index is 224. The first-order valence-electron chi connectivity index (χ1n) is 5.27. The number of hydrogen-bond donors (Lipinski definition) is 2. The second kappa shape index (κ2) is 9.33. The van der Waals surface area contributed by atoms with Gasteiger partial charge in [-0.05, 0) is 24.9 Å². The van der Waals surface area contributed by atoms with Gasteiger partial charge in [-0.3, -0.25) is 4.79 Å². The van der Waals surface area contributed by atoms with E-state index in [0.717, 1.165) is 12.2 Å². The molecule has 0 saturated heterocycles. The normalized spacial score (nSPS) is 9.88. The third-order valence-corrected chi connectivity index (χ3v) is 2.73. The molecule has 5 nitrogen and oxygen atoms in total. The molecule has 0 radical (unpaired) electrons. The summed E-state index contributed by atoms with van der Waals surface area (Å²) >= 11 is 1.75. The fraction of sp³-hybridized carbons (Fsp3) is 0.800. The molecule has 0 rings (SSSR count). The number of carboxylic acids is 1. The van der Waals surface area contributed by atoms with E-state index in [9.17, 15) is 9.59 Å². The Morgan fingerprint density at radius 3 is 2.62 bits per heavy atom. The van der Waals surface area contributed by atoms with E-state index in [1.807, 2.05) is 6.26 Å². The molecular weight excluding hydrogens is 228 g/mol. The number of amides is 2. The summed E-state index contributed by atoms with van der Waals surface area (Å²) in [5.41, 5.74) is 0. The van der Waals surface area contributed by atoms with Crippen molar-refractivity contribution in [1.29, 1.82) is 0 Å². The first-order valence-corrected chi connectivity index (χ1v) is 6.67. The van der Waals surface area contributed by atoms with Gasteiger partial charge in [0.25, 0.3) is 0 Å². The van der Waals surface area contributed by atoms with Crippen molar-refractivity contribution in [3.8, 4) is 0 Å². The molecule has 0 heterocycles. The quantitative estimate of drug-likeness (QED) is 0.634. The number of thioether (sulfide) groups is 1. The van der Waals surface area contributed by atoms with E-state index in [-0.39, 0.29) is 12.5 Å². The van der Waals surface area contributed by atoms with E-state index in [1.165, 1.54) is 4.90 Å². The van der Waals surface area contributed by atoms with Crippen LogP contribution in [0.4, 0.5) is 4.79 Å². The predicted molar refractivity (Wildman–Crippen MR) is 65.9 cm³/mol. The molecule has 0 bridgehead atoms. The lowest BCUT2D eigenvalue weighted by atomic mass is 10.3. The van der Waals surface area contributed by atoms with Crippen LogP contribution in [0.25, 0.3) is 0 Å². The lowest BCUT2D eigenvalue weighted by molar-refractivity contribution is -0.137. The molecule has 0 fully saturated rings. The standard InChI is InChI=1S/C10H20N2O3S/c1-12(7-3-5-9(13)14)10(15)11-6-4-8-16-2/h3-8H2,1-2H3,(H,11,15)(H,13,14). The van der Waals surface area contributed by atoms with Crippen LogP contribution < -0.4 is 5.32 Å². The molecule has 2 amide bonds. The van der Waals surface area contributed by atoms with E-state index in [4.69, 9.17) is 5.11 Å². The predicted octanol–water partition coefficient (Wildman–Crippen LogP) is 1.25. The lowest BCUT2D eigenvalue weighted by Crippen LogP contribution is -2.38. The van der Waals surface area contributed by atoms with E-state index in [0.29, 0.717) is 19.5 Å². The Hall–Kier alpha value is -0.910. The van der Waals surface area contributed by atoms with Crippen molar-refractivity contribution in [1.82, 2.24) is 10.2 Å². The molecule has 0 aromatic heterocycles. The molecular formula is C10H20N2O3S. The van der Waals surface area contributed by atoms with Gasteiger partial charge < -0.3 is 15.3 Å². The molecule has 0 unspecified atom stereocenters. The molecule has 6 heteroatoms. The van der Waals surface area contributed by atoms with Crippen LogP contribution in [-0.2, 0) is 4.79 Å². The minimum absolute atomic E-state index is 0.101. The summed E-state index contributed by atoms with van der Waals surface area (Å²) in [6.07, 6.45) is 3.57. The number of carbonyl (C=O) groups is 2. The summed E-state index contributed by atoms with van der Waals surface area (Å²) in [7, 11) is 1.67. The Morgan fingerprint density at radius 1 is 1.38 bits per heavy atom. The molecule has 16 heavy (non-hydrogen) atoms. The van der Waals surface area contributed by atoms with E-state index >= 15 is 0 Å². The molecule has 94 valence electrons. The van der Waals surface area contributed by atoms with Crippen molar-refractivity contribution < 1.29 is 14.7 Å². The zero-order chi connectivity index (χ0) is 12.4. The van der Waals surface area contributed by atoms with Gasteiger partial charge in [0.1, 0.15) is 0 Å². The minimum Gasteiger partial charge on any atom is -0.481 e. The largest absolute Gasteiger partial charge is 0.481 e. The summed E-state index contributed by atoms with van der Waals surface area (Å²) in [5, 5.41) is 11.2. The number of carboxylic acid groups (broad SMARTS) is 1. The summed E-state index contributed by atoms with van der Waals surface area (Å²) < 4.78 is 0. The number of rotatable bonds is 8. The molecule has 0 aliphatic heterocycles. The molecule has 0 aliphatic carbocycles. The molecule has 0 aromatic carbocycles. The fourth-order valence-electron chi connectivity index (χ4n) is 1.12. The summed E-state index contributed by atoms with van der Waals surface area (Å²) in [5.74, 6) is 0.206. The fourth-order valence-corrected chi connectivity index (χ4v) is 1.55. The van der Waals surface area contributed by atoms with Gasteiger partial charge in [0.2, 0.25) is 0 Å². The number of nitrogens with one attached hydrogen (secondary N) is 1. The van der Waals surface area contributed by atoms with Crippen LogP contribution in [0.2, 0.25) is 0 Å². The Kier molecular flexibility index (Phi) is 8.80. The third kappa shape index (κ3) is 8.40. The highest BCUT2D eigenvalue weighted by Gasteiger charge is 2.07. The van der Waals surface area contributed by atoms with Gasteiger partial charge in [-0.2, -0.15) is 11.8 Å². The van der Waals surface area contributed by atoms with Crippen LogP contribution in [-0.4, -0.2) is 54.2 Å². The van der Waals surface area contributed by atoms with Crippen molar-refractivity contribution in [2.45, 2.75) is 19.3 Å². The van der Waals surface area contributed by atoms with Crippen molar-refractivity contribution in [3.63, 3.8) is 0 Å².